The molecule has 0 bridgehead atoms. The lowest BCUT2D eigenvalue weighted by atomic mass is 10.2. The van der Waals surface area contributed by atoms with E-state index < -0.39 is 0 Å². The standard InChI is InChI=1S/C15H18N4O2/c1-11-4-2-5-12(10-11)21-9-8-18-15(20)13-6-3-7-17-14(13)19-16/h2-7,10H,8-9,16H2,1H3,(H,17,19)(H,18,20). The molecule has 0 saturated heterocycles. The molecule has 0 aliphatic heterocycles. The molecule has 0 fully saturated rings. The number of rotatable bonds is 6. The minimum absolute atomic E-state index is 0.246. The van der Waals surface area contributed by atoms with Crippen molar-refractivity contribution in [1.29, 1.82) is 0 Å². The maximum absolute atomic E-state index is 12.0. The monoisotopic (exact) mass is 286 g/mol. The molecule has 0 saturated carbocycles. The molecule has 1 aromatic carbocycles. The van der Waals surface area contributed by atoms with Gasteiger partial charge in [0.05, 0.1) is 12.1 Å². The van der Waals surface area contributed by atoms with Crippen LogP contribution in [-0.2, 0) is 0 Å². The molecule has 1 aromatic heterocycles. The van der Waals surface area contributed by atoms with E-state index in [1.165, 1.54) is 0 Å². The van der Waals surface area contributed by atoms with Gasteiger partial charge in [-0.15, -0.1) is 0 Å². The summed E-state index contributed by atoms with van der Waals surface area (Å²) in [6.45, 7) is 2.78. The number of anilines is 1. The highest BCUT2D eigenvalue weighted by atomic mass is 16.5. The maximum atomic E-state index is 12.0. The number of nitrogen functional groups attached to an aromatic ring is 1. The number of aryl methyl sites for hydroxylation is 1. The van der Waals surface area contributed by atoms with Crippen LogP contribution < -0.4 is 21.3 Å². The van der Waals surface area contributed by atoms with Gasteiger partial charge in [-0.25, -0.2) is 10.8 Å². The van der Waals surface area contributed by atoms with E-state index in [-0.39, 0.29) is 5.91 Å². The zero-order valence-corrected chi connectivity index (χ0v) is 11.8. The first-order chi connectivity index (χ1) is 10.2. The summed E-state index contributed by atoms with van der Waals surface area (Å²) in [5.41, 5.74) is 3.92. The van der Waals surface area contributed by atoms with Crippen LogP contribution in [0.15, 0.2) is 42.6 Å². The van der Waals surface area contributed by atoms with Crippen molar-refractivity contribution in [3.8, 4) is 5.75 Å². The normalized spacial score (nSPS) is 10.0. The number of pyridine rings is 1. The van der Waals surface area contributed by atoms with Gasteiger partial charge in [0.15, 0.2) is 5.82 Å². The van der Waals surface area contributed by atoms with Gasteiger partial charge in [-0.3, -0.25) is 4.79 Å². The number of carbonyl (C=O) groups excluding carboxylic acids is 1. The van der Waals surface area contributed by atoms with Gasteiger partial charge in [0.25, 0.3) is 5.91 Å². The topological polar surface area (TPSA) is 89.3 Å². The summed E-state index contributed by atoms with van der Waals surface area (Å²) < 4.78 is 5.56. The summed E-state index contributed by atoms with van der Waals surface area (Å²) in [7, 11) is 0. The third kappa shape index (κ3) is 4.19. The van der Waals surface area contributed by atoms with Crippen LogP contribution in [0, 0.1) is 6.92 Å². The highest BCUT2D eigenvalue weighted by Gasteiger charge is 2.10. The third-order valence-corrected chi connectivity index (χ3v) is 2.83. The molecule has 1 heterocycles. The molecular formula is C15H18N4O2. The number of amides is 1. The van der Waals surface area contributed by atoms with Crippen molar-refractivity contribution >= 4 is 11.7 Å². The summed E-state index contributed by atoms with van der Waals surface area (Å²) >= 11 is 0. The highest BCUT2D eigenvalue weighted by molar-refractivity contribution is 5.98. The number of aromatic nitrogens is 1. The molecule has 0 unspecified atom stereocenters. The Bertz CT molecular complexity index is 616. The second-order valence-corrected chi connectivity index (χ2v) is 4.46. The Kier molecular flexibility index (Phi) is 5.11. The number of benzene rings is 1. The molecule has 6 heteroatoms. The molecule has 0 aliphatic carbocycles. The van der Waals surface area contributed by atoms with Crippen molar-refractivity contribution in [3.05, 3.63) is 53.7 Å². The van der Waals surface area contributed by atoms with E-state index in [0.717, 1.165) is 11.3 Å². The van der Waals surface area contributed by atoms with Crippen molar-refractivity contribution in [3.63, 3.8) is 0 Å². The average molecular weight is 286 g/mol. The zero-order valence-electron chi connectivity index (χ0n) is 11.8. The quantitative estimate of drug-likeness (QED) is 0.425. The summed E-state index contributed by atoms with van der Waals surface area (Å²) in [6.07, 6.45) is 1.56. The Hall–Kier alpha value is -2.60. The second-order valence-electron chi connectivity index (χ2n) is 4.46. The van der Waals surface area contributed by atoms with Crippen LogP contribution in [0.4, 0.5) is 5.82 Å². The maximum Gasteiger partial charge on any atom is 0.255 e. The van der Waals surface area contributed by atoms with E-state index in [2.05, 4.69) is 15.7 Å². The van der Waals surface area contributed by atoms with Gasteiger partial charge in [-0.2, -0.15) is 0 Å². The van der Waals surface area contributed by atoms with Crippen LogP contribution in [0.2, 0.25) is 0 Å². The minimum Gasteiger partial charge on any atom is -0.492 e. The zero-order chi connectivity index (χ0) is 15.1. The number of nitrogens with one attached hydrogen (secondary N) is 2. The number of hydrogen-bond donors (Lipinski definition) is 3. The minimum atomic E-state index is -0.246. The Morgan fingerprint density at radius 1 is 1.33 bits per heavy atom. The predicted molar refractivity (Wildman–Crippen MR) is 81.1 cm³/mol. The first-order valence-corrected chi connectivity index (χ1v) is 6.60. The van der Waals surface area contributed by atoms with Crippen LogP contribution in [0.25, 0.3) is 0 Å². The molecule has 21 heavy (non-hydrogen) atoms. The van der Waals surface area contributed by atoms with Crippen molar-refractivity contribution in [2.45, 2.75) is 6.92 Å². The van der Waals surface area contributed by atoms with Crippen molar-refractivity contribution in [2.75, 3.05) is 18.6 Å². The molecule has 110 valence electrons. The average Bonchev–Trinajstić information content (AvgIpc) is 2.51. The fraction of sp³-hybridized carbons (Fsp3) is 0.200. The smallest absolute Gasteiger partial charge is 0.255 e. The first kappa shape index (κ1) is 14.8. The van der Waals surface area contributed by atoms with Crippen molar-refractivity contribution in [1.82, 2.24) is 10.3 Å². The van der Waals surface area contributed by atoms with E-state index in [9.17, 15) is 4.79 Å². The van der Waals surface area contributed by atoms with Crippen LogP contribution in [0.1, 0.15) is 15.9 Å². The number of hydrazine groups is 1. The van der Waals surface area contributed by atoms with E-state index in [4.69, 9.17) is 10.6 Å². The molecule has 4 N–H and O–H groups in total. The predicted octanol–water partition coefficient (Wildman–Crippen LogP) is 1.48. The summed E-state index contributed by atoms with van der Waals surface area (Å²) in [4.78, 5) is 16.0. The summed E-state index contributed by atoms with van der Waals surface area (Å²) in [6, 6.07) is 11.1. The lowest BCUT2D eigenvalue weighted by Gasteiger charge is -2.10. The highest BCUT2D eigenvalue weighted by Crippen LogP contribution is 2.12. The molecule has 2 rings (SSSR count). The van der Waals surface area contributed by atoms with Gasteiger partial charge in [-0.05, 0) is 36.8 Å². The van der Waals surface area contributed by atoms with Crippen LogP contribution in [0.3, 0.4) is 0 Å². The SMILES string of the molecule is Cc1cccc(OCCNC(=O)c2cccnc2NN)c1. The van der Waals surface area contributed by atoms with E-state index in [0.29, 0.717) is 24.5 Å². The molecule has 0 aliphatic rings. The molecule has 0 spiro atoms. The first-order valence-electron chi connectivity index (χ1n) is 6.60. The number of hydrogen-bond acceptors (Lipinski definition) is 5. The number of nitrogens with zero attached hydrogens (tertiary/aromatic N) is 1. The van der Waals surface area contributed by atoms with E-state index in [1.54, 1.807) is 18.3 Å². The van der Waals surface area contributed by atoms with Gasteiger partial charge >= 0.3 is 0 Å². The molecule has 2 aromatic rings. The Morgan fingerprint density at radius 3 is 2.95 bits per heavy atom. The molecule has 1 amide bonds. The fourth-order valence-electron chi connectivity index (χ4n) is 1.84. The summed E-state index contributed by atoms with van der Waals surface area (Å²) in [5.74, 6) is 6.20. The number of ether oxygens (including phenoxy) is 1. The number of carbonyl (C=O) groups is 1. The largest absolute Gasteiger partial charge is 0.492 e. The van der Waals surface area contributed by atoms with Crippen molar-refractivity contribution < 1.29 is 9.53 Å². The molecule has 6 nitrogen and oxygen atoms in total. The molecule has 0 atom stereocenters. The van der Waals surface area contributed by atoms with Crippen LogP contribution in [-0.4, -0.2) is 24.0 Å². The van der Waals surface area contributed by atoms with Crippen molar-refractivity contribution in [2.24, 2.45) is 5.84 Å². The third-order valence-electron chi connectivity index (χ3n) is 2.83. The van der Waals surface area contributed by atoms with Gasteiger partial charge in [0.1, 0.15) is 12.4 Å². The Balaban J connectivity index is 1.82. The lowest BCUT2D eigenvalue weighted by molar-refractivity contribution is 0.0947. The summed E-state index contributed by atoms with van der Waals surface area (Å²) in [5, 5.41) is 2.76. The number of nitrogens with two attached hydrogens (primary N) is 1. The fourth-order valence-corrected chi connectivity index (χ4v) is 1.84. The molecule has 0 radical (unpaired) electrons. The Morgan fingerprint density at radius 2 is 2.19 bits per heavy atom. The second kappa shape index (κ2) is 7.25. The van der Waals surface area contributed by atoms with E-state index >= 15 is 0 Å². The van der Waals surface area contributed by atoms with Gasteiger partial charge in [0, 0.05) is 6.20 Å². The molecular weight excluding hydrogens is 268 g/mol. The van der Waals surface area contributed by atoms with E-state index in [1.807, 2.05) is 31.2 Å². The van der Waals surface area contributed by atoms with Gasteiger partial charge < -0.3 is 15.5 Å². The lowest BCUT2D eigenvalue weighted by Crippen LogP contribution is -2.29. The Labute approximate surface area is 123 Å². The van der Waals surface area contributed by atoms with Gasteiger partial charge in [-0.1, -0.05) is 12.1 Å². The van der Waals surface area contributed by atoms with Gasteiger partial charge in [0.2, 0.25) is 0 Å². The van der Waals surface area contributed by atoms with Crippen LogP contribution in [0.5, 0.6) is 5.75 Å². The van der Waals surface area contributed by atoms with Crippen LogP contribution >= 0.6 is 0 Å².